The van der Waals surface area contributed by atoms with Crippen molar-refractivity contribution in [3.63, 3.8) is 0 Å². The van der Waals surface area contributed by atoms with Crippen molar-refractivity contribution in [1.29, 1.82) is 0 Å². The predicted molar refractivity (Wildman–Crippen MR) is 99.4 cm³/mol. The van der Waals surface area contributed by atoms with Gasteiger partial charge in [0.15, 0.2) is 0 Å². The Balaban J connectivity index is 1.42. The van der Waals surface area contributed by atoms with E-state index < -0.39 is 0 Å². The van der Waals surface area contributed by atoms with Gasteiger partial charge < -0.3 is 4.90 Å². The number of likely N-dealkylation sites (tertiary alicyclic amines) is 1. The fourth-order valence-electron chi connectivity index (χ4n) is 4.29. The molecule has 126 valence electrons. The SMILES string of the molecule is CC1(C)CN(C2CCN(Cc3ccccc3)CC2)c2cccnc21. The molecule has 3 heteroatoms. The molecule has 4 rings (SSSR count). The molecule has 0 radical (unpaired) electrons. The molecule has 3 heterocycles. The highest BCUT2D eigenvalue weighted by Gasteiger charge is 2.39. The van der Waals surface area contributed by atoms with Crippen LogP contribution in [0.1, 0.15) is 37.9 Å². The molecular formula is C21H27N3. The van der Waals surface area contributed by atoms with Gasteiger partial charge in [0.1, 0.15) is 0 Å². The first-order chi connectivity index (χ1) is 11.6. The van der Waals surface area contributed by atoms with Crippen LogP contribution in [0.3, 0.4) is 0 Å². The van der Waals surface area contributed by atoms with E-state index in [0.29, 0.717) is 6.04 Å². The van der Waals surface area contributed by atoms with Gasteiger partial charge in [0.25, 0.3) is 0 Å². The number of benzene rings is 1. The van der Waals surface area contributed by atoms with Gasteiger partial charge in [-0.1, -0.05) is 44.2 Å². The molecule has 0 aliphatic carbocycles. The number of hydrogen-bond donors (Lipinski definition) is 0. The van der Waals surface area contributed by atoms with Gasteiger partial charge in [-0.2, -0.15) is 0 Å². The standard InChI is InChI=1S/C21H27N3/c1-21(2)16-24(19-9-6-12-22-20(19)21)18-10-13-23(14-11-18)15-17-7-4-3-5-8-17/h3-9,12,18H,10-11,13-16H2,1-2H3. The summed E-state index contributed by atoms with van der Waals surface area (Å²) < 4.78 is 0. The molecule has 2 aliphatic heterocycles. The summed E-state index contributed by atoms with van der Waals surface area (Å²) in [5.74, 6) is 0. The number of fused-ring (bicyclic) bond motifs is 1. The Hall–Kier alpha value is -1.87. The molecule has 0 spiro atoms. The lowest BCUT2D eigenvalue weighted by atomic mass is 9.91. The zero-order valence-corrected chi connectivity index (χ0v) is 14.8. The Kier molecular flexibility index (Phi) is 4.05. The number of hydrogen-bond acceptors (Lipinski definition) is 3. The lowest BCUT2D eigenvalue weighted by molar-refractivity contribution is 0.201. The van der Waals surface area contributed by atoms with Crippen LogP contribution in [0.2, 0.25) is 0 Å². The first kappa shape index (κ1) is 15.6. The molecule has 3 nitrogen and oxygen atoms in total. The van der Waals surface area contributed by atoms with Crippen LogP contribution in [0.4, 0.5) is 5.69 Å². The normalized spacial score (nSPS) is 21.0. The summed E-state index contributed by atoms with van der Waals surface area (Å²) in [5, 5.41) is 0. The third kappa shape index (κ3) is 2.93. The molecule has 0 unspecified atom stereocenters. The van der Waals surface area contributed by atoms with Crippen molar-refractivity contribution in [2.45, 2.75) is 44.7 Å². The van der Waals surface area contributed by atoms with Crippen molar-refractivity contribution < 1.29 is 0 Å². The molecule has 1 saturated heterocycles. The van der Waals surface area contributed by atoms with Gasteiger partial charge in [-0.3, -0.25) is 9.88 Å². The molecule has 1 aromatic carbocycles. The summed E-state index contributed by atoms with van der Waals surface area (Å²) in [6.07, 6.45) is 4.43. The number of anilines is 1. The van der Waals surface area contributed by atoms with E-state index in [1.54, 1.807) is 0 Å². The van der Waals surface area contributed by atoms with Crippen LogP contribution in [-0.4, -0.2) is 35.6 Å². The van der Waals surface area contributed by atoms with E-state index in [1.807, 2.05) is 6.20 Å². The molecule has 0 N–H and O–H groups in total. The molecule has 1 fully saturated rings. The largest absolute Gasteiger partial charge is 0.366 e. The molecule has 0 amide bonds. The summed E-state index contributed by atoms with van der Waals surface area (Å²) >= 11 is 0. The Morgan fingerprint density at radius 1 is 1.04 bits per heavy atom. The van der Waals surface area contributed by atoms with Gasteiger partial charge in [0.2, 0.25) is 0 Å². The van der Waals surface area contributed by atoms with E-state index in [0.717, 1.165) is 13.1 Å². The topological polar surface area (TPSA) is 19.4 Å². The third-order valence-corrected chi connectivity index (χ3v) is 5.55. The minimum absolute atomic E-state index is 0.164. The average molecular weight is 321 g/mol. The number of nitrogens with zero attached hydrogens (tertiary/aromatic N) is 3. The summed E-state index contributed by atoms with van der Waals surface area (Å²) in [5.41, 5.74) is 4.23. The molecule has 0 saturated carbocycles. The first-order valence-electron chi connectivity index (χ1n) is 9.12. The summed E-state index contributed by atoms with van der Waals surface area (Å²) in [4.78, 5) is 9.90. The van der Waals surface area contributed by atoms with Gasteiger partial charge in [0, 0.05) is 43.8 Å². The van der Waals surface area contributed by atoms with E-state index in [2.05, 4.69) is 71.1 Å². The van der Waals surface area contributed by atoms with Crippen LogP contribution >= 0.6 is 0 Å². The maximum Gasteiger partial charge on any atom is 0.0710 e. The average Bonchev–Trinajstić information content (AvgIpc) is 2.88. The molecular weight excluding hydrogens is 294 g/mol. The van der Waals surface area contributed by atoms with Crippen molar-refractivity contribution in [1.82, 2.24) is 9.88 Å². The van der Waals surface area contributed by atoms with E-state index in [1.165, 1.54) is 42.9 Å². The second kappa shape index (κ2) is 6.21. The minimum atomic E-state index is 0.164. The fraction of sp³-hybridized carbons (Fsp3) is 0.476. The van der Waals surface area contributed by atoms with E-state index in [4.69, 9.17) is 0 Å². The van der Waals surface area contributed by atoms with Crippen LogP contribution in [0.25, 0.3) is 0 Å². The Morgan fingerprint density at radius 3 is 2.54 bits per heavy atom. The molecule has 24 heavy (non-hydrogen) atoms. The number of aromatic nitrogens is 1. The third-order valence-electron chi connectivity index (χ3n) is 5.55. The van der Waals surface area contributed by atoms with Crippen LogP contribution in [0, 0.1) is 0 Å². The van der Waals surface area contributed by atoms with Crippen molar-refractivity contribution in [3.8, 4) is 0 Å². The van der Waals surface area contributed by atoms with Crippen LogP contribution < -0.4 is 4.90 Å². The Morgan fingerprint density at radius 2 is 1.79 bits per heavy atom. The lowest BCUT2D eigenvalue weighted by Gasteiger charge is -2.38. The van der Waals surface area contributed by atoms with Crippen LogP contribution in [0.15, 0.2) is 48.7 Å². The maximum absolute atomic E-state index is 4.68. The molecule has 2 aliphatic rings. The quantitative estimate of drug-likeness (QED) is 0.856. The molecule has 2 aromatic rings. The van der Waals surface area contributed by atoms with Crippen molar-refractivity contribution in [2.75, 3.05) is 24.5 Å². The minimum Gasteiger partial charge on any atom is -0.366 e. The van der Waals surface area contributed by atoms with Crippen LogP contribution in [0.5, 0.6) is 0 Å². The van der Waals surface area contributed by atoms with Gasteiger partial charge >= 0.3 is 0 Å². The summed E-state index contributed by atoms with van der Waals surface area (Å²) in [6, 6.07) is 15.8. The zero-order chi connectivity index (χ0) is 16.6. The highest BCUT2D eigenvalue weighted by molar-refractivity contribution is 5.59. The first-order valence-corrected chi connectivity index (χ1v) is 9.12. The smallest absolute Gasteiger partial charge is 0.0710 e. The highest BCUT2D eigenvalue weighted by Crippen LogP contribution is 2.41. The second-order valence-electron chi connectivity index (χ2n) is 7.88. The molecule has 1 aromatic heterocycles. The predicted octanol–water partition coefficient (Wildman–Crippen LogP) is 3.84. The second-order valence-corrected chi connectivity index (χ2v) is 7.88. The van der Waals surface area contributed by atoms with E-state index >= 15 is 0 Å². The summed E-state index contributed by atoms with van der Waals surface area (Å²) in [7, 11) is 0. The molecule has 0 atom stereocenters. The maximum atomic E-state index is 4.68. The van der Waals surface area contributed by atoms with Crippen molar-refractivity contribution in [2.24, 2.45) is 0 Å². The monoisotopic (exact) mass is 321 g/mol. The lowest BCUT2D eigenvalue weighted by Crippen LogP contribution is -2.45. The Labute approximate surface area is 145 Å². The fourth-order valence-corrected chi connectivity index (χ4v) is 4.29. The van der Waals surface area contributed by atoms with E-state index in [9.17, 15) is 0 Å². The van der Waals surface area contributed by atoms with Gasteiger partial charge in [-0.15, -0.1) is 0 Å². The van der Waals surface area contributed by atoms with Crippen molar-refractivity contribution >= 4 is 5.69 Å². The highest BCUT2D eigenvalue weighted by atomic mass is 15.2. The number of piperidine rings is 1. The van der Waals surface area contributed by atoms with Gasteiger partial charge in [-0.25, -0.2) is 0 Å². The van der Waals surface area contributed by atoms with Gasteiger partial charge in [-0.05, 0) is 30.5 Å². The van der Waals surface area contributed by atoms with Gasteiger partial charge in [0.05, 0.1) is 11.4 Å². The Bertz CT molecular complexity index is 687. The van der Waals surface area contributed by atoms with Crippen molar-refractivity contribution in [3.05, 3.63) is 59.9 Å². The molecule has 0 bridgehead atoms. The summed E-state index contributed by atoms with van der Waals surface area (Å²) in [6.45, 7) is 9.20. The zero-order valence-electron chi connectivity index (χ0n) is 14.8. The number of pyridine rings is 1. The number of rotatable bonds is 3. The van der Waals surface area contributed by atoms with Crippen LogP contribution in [-0.2, 0) is 12.0 Å². The van der Waals surface area contributed by atoms with E-state index in [-0.39, 0.29) is 5.41 Å².